The monoisotopic (exact) mass is 371 g/mol. The van der Waals surface area contributed by atoms with E-state index < -0.39 is 17.5 Å². The van der Waals surface area contributed by atoms with Crippen molar-refractivity contribution >= 4 is 29.4 Å². The molecular formula is C19H21N3O5. The van der Waals surface area contributed by atoms with E-state index in [0.29, 0.717) is 17.7 Å². The Morgan fingerprint density at radius 3 is 2.78 bits per heavy atom. The summed E-state index contributed by atoms with van der Waals surface area (Å²) in [5.41, 5.74) is -0.502. The minimum absolute atomic E-state index is 0.182. The summed E-state index contributed by atoms with van der Waals surface area (Å²) >= 11 is 0. The number of hydrogen-bond donors (Lipinski definition) is 1. The standard InChI is InChI=1S/C19H21N3O5/c1-21-17(25)13-7-3-4-8-14(13)22-15(23)10-11-19(21,22)18(26)20-12-6-5-9-16(24)27-2/h3-5,7-9H,6,10-12H2,1-2H3,(H,20,26)/b9-5+. The number of ether oxygens (including phenoxy) is 1. The molecule has 1 aromatic carbocycles. The van der Waals surface area contributed by atoms with Crippen LogP contribution in [0.4, 0.5) is 5.69 Å². The van der Waals surface area contributed by atoms with Gasteiger partial charge in [0.05, 0.1) is 18.4 Å². The summed E-state index contributed by atoms with van der Waals surface area (Å²) in [6.07, 6.45) is 3.70. The Morgan fingerprint density at radius 2 is 2.04 bits per heavy atom. The maximum atomic E-state index is 13.1. The molecule has 0 radical (unpaired) electrons. The molecule has 1 atom stereocenters. The zero-order valence-corrected chi connectivity index (χ0v) is 15.2. The number of fused-ring (bicyclic) bond motifs is 3. The number of likely N-dealkylation sites (N-methyl/N-ethyl adjacent to an activating group) is 1. The predicted octanol–water partition coefficient (Wildman–Crippen LogP) is 0.831. The molecule has 2 heterocycles. The molecule has 0 aliphatic carbocycles. The smallest absolute Gasteiger partial charge is 0.330 e. The summed E-state index contributed by atoms with van der Waals surface area (Å²) in [7, 11) is 2.83. The zero-order valence-electron chi connectivity index (χ0n) is 15.2. The SMILES string of the molecule is COC(=O)/C=C/CCNC(=O)C12CCC(=O)N1c1ccccc1C(=O)N2C. The molecule has 0 bridgehead atoms. The van der Waals surface area contributed by atoms with E-state index in [2.05, 4.69) is 10.1 Å². The molecule has 8 nitrogen and oxygen atoms in total. The van der Waals surface area contributed by atoms with Crippen molar-refractivity contribution in [3.05, 3.63) is 42.0 Å². The van der Waals surface area contributed by atoms with Gasteiger partial charge >= 0.3 is 5.97 Å². The van der Waals surface area contributed by atoms with Gasteiger partial charge in [0.2, 0.25) is 11.6 Å². The van der Waals surface area contributed by atoms with E-state index in [1.54, 1.807) is 37.4 Å². The summed E-state index contributed by atoms with van der Waals surface area (Å²) < 4.78 is 4.50. The third-order valence-electron chi connectivity index (χ3n) is 4.96. The van der Waals surface area contributed by atoms with Gasteiger partial charge < -0.3 is 15.0 Å². The highest BCUT2D eigenvalue weighted by Gasteiger charge is 2.59. The fourth-order valence-electron chi connectivity index (χ4n) is 3.59. The van der Waals surface area contributed by atoms with Crippen LogP contribution in [0.2, 0.25) is 0 Å². The number of nitrogens with one attached hydrogen (secondary N) is 1. The number of methoxy groups -OCH3 is 1. The first-order valence-corrected chi connectivity index (χ1v) is 8.66. The van der Waals surface area contributed by atoms with Crippen LogP contribution in [-0.4, -0.2) is 55.0 Å². The van der Waals surface area contributed by atoms with Crippen molar-refractivity contribution in [3.63, 3.8) is 0 Å². The molecule has 1 aromatic rings. The maximum Gasteiger partial charge on any atom is 0.330 e. The third kappa shape index (κ3) is 2.97. The second-order valence-electron chi connectivity index (χ2n) is 6.40. The Kier molecular flexibility index (Phi) is 4.98. The van der Waals surface area contributed by atoms with Gasteiger partial charge in [-0.15, -0.1) is 0 Å². The van der Waals surface area contributed by atoms with Gasteiger partial charge in [-0.3, -0.25) is 19.3 Å². The number of amides is 3. The molecule has 2 aliphatic heterocycles. The van der Waals surface area contributed by atoms with Crippen LogP contribution in [0, 0.1) is 0 Å². The van der Waals surface area contributed by atoms with Gasteiger partial charge in [0.25, 0.3) is 11.8 Å². The van der Waals surface area contributed by atoms with Crippen LogP contribution in [0.25, 0.3) is 0 Å². The van der Waals surface area contributed by atoms with Crippen molar-refractivity contribution in [2.45, 2.75) is 24.9 Å². The van der Waals surface area contributed by atoms with Gasteiger partial charge in [0, 0.05) is 32.5 Å². The number of anilines is 1. The summed E-state index contributed by atoms with van der Waals surface area (Å²) in [6, 6.07) is 6.80. The van der Waals surface area contributed by atoms with Gasteiger partial charge in [0.1, 0.15) is 0 Å². The average Bonchev–Trinajstić information content (AvgIpc) is 3.04. The molecule has 0 saturated carbocycles. The number of carbonyl (C=O) groups excluding carboxylic acids is 4. The van der Waals surface area contributed by atoms with Crippen molar-refractivity contribution in [3.8, 4) is 0 Å². The number of nitrogens with zero attached hydrogens (tertiary/aromatic N) is 2. The highest BCUT2D eigenvalue weighted by molar-refractivity contribution is 6.16. The number of para-hydroxylation sites is 1. The van der Waals surface area contributed by atoms with Crippen molar-refractivity contribution in [2.24, 2.45) is 0 Å². The molecule has 0 aromatic heterocycles. The molecule has 2 aliphatic rings. The van der Waals surface area contributed by atoms with E-state index in [0.717, 1.165) is 0 Å². The van der Waals surface area contributed by atoms with Gasteiger partial charge in [-0.2, -0.15) is 0 Å². The summed E-state index contributed by atoms with van der Waals surface area (Å²) in [4.78, 5) is 52.3. The topological polar surface area (TPSA) is 96.0 Å². The van der Waals surface area contributed by atoms with E-state index in [1.807, 2.05) is 0 Å². The lowest BCUT2D eigenvalue weighted by molar-refractivity contribution is -0.134. The molecule has 1 unspecified atom stereocenters. The van der Waals surface area contributed by atoms with Gasteiger partial charge in [-0.1, -0.05) is 18.2 Å². The van der Waals surface area contributed by atoms with E-state index in [1.165, 1.54) is 23.0 Å². The van der Waals surface area contributed by atoms with Crippen molar-refractivity contribution < 1.29 is 23.9 Å². The van der Waals surface area contributed by atoms with Crippen LogP contribution in [0.1, 0.15) is 29.6 Å². The van der Waals surface area contributed by atoms with Crippen molar-refractivity contribution in [1.29, 1.82) is 0 Å². The third-order valence-corrected chi connectivity index (χ3v) is 4.96. The zero-order chi connectivity index (χ0) is 19.6. The first-order valence-electron chi connectivity index (χ1n) is 8.66. The molecule has 3 amide bonds. The minimum atomic E-state index is -1.37. The Bertz CT molecular complexity index is 834. The van der Waals surface area contributed by atoms with E-state index >= 15 is 0 Å². The molecular weight excluding hydrogens is 350 g/mol. The van der Waals surface area contributed by atoms with Crippen LogP contribution in [0.3, 0.4) is 0 Å². The Labute approximate surface area is 156 Å². The number of rotatable bonds is 5. The summed E-state index contributed by atoms with van der Waals surface area (Å²) in [5.74, 6) is -1.37. The van der Waals surface area contributed by atoms with Crippen molar-refractivity contribution in [2.75, 3.05) is 25.6 Å². The molecule has 1 N–H and O–H groups in total. The molecule has 8 heteroatoms. The first-order chi connectivity index (χ1) is 12.9. The Balaban J connectivity index is 1.83. The van der Waals surface area contributed by atoms with Crippen LogP contribution < -0.4 is 10.2 Å². The quantitative estimate of drug-likeness (QED) is 0.470. The van der Waals surface area contributed by atoms with E-state index in [4.69, 9.17) is 0 Å². The molecule has 27 heavy (non-hydrogen) atoms. The fraction of sp³-hybridized carbons (Fsp3) is 0.368. The summed E-state index contributed by atoms with van der Waals surface area (Å²) in [5, 5.41) is 2.78. The second kappa shape index (κ2) is 7.22. The van der Waals surface area contributed by atoms with Gasteiger partial charge in [-0.25, -0.2) is 4.79 Å². The average molecular weight is 371 g/mol. The molecule has 0 spiro atoms. The molecule has 142 valence electrons. The molecule has 1 saturated heterocycles. The lowest BCUT2D eigenvalue weighted by Gasteiger charge is -2.47. The normalized spacial score (nSPS) is 21.3. The minimum Gasteiger partial charge on any atom is -0.466 e. The lowest BCUT2D eigenvalue weighted by Crippen LogP contribution is -2.69. The Hall–Kier alpha value is -3.16. The number of benzene rings is 1. The maximum absolute atomic E-state index is 13.1. The Morgan fingerprint density at radius 1 is 1.30 bits per heavy atom. The van der Waals surface area contributed by atoms with Crippen LogP contribution in [0.5, 0.6) is 0 Å². The highest BCUT2D eigenvalue weighted by Crippen LogP contribution is 2.43. The van der Waals surface area contributed by atoms with Crippen LogP contribution >= 0.6 is 0 Å². The number of carbonyl (C=O) groups is 4. The lowest BCUT2D eigenvalue weighted by atomic mass is 9.96. The molecule has 1 fully saturated rings. The highest BCUT2D eigenvalue weighted by atomic mass is 16.5. The largest absolute Gasteiger partial charge is 0.466 e. The van der Waals surface area contributed by atoms with Gasteiger partial charge in [0.15, 0.2) is 0 Å². The summed E-state index contributed by atoms with van der Waals surface area (Å²) in [6.45, 7) is 0.264. The van der Waals surface area contributed by atoms with E-state index in [-0.39, 0.29) is 31.2 Å². The van der Waals surface area contributed by atoms with Crippen LogP contribution in [-0.2, 0) is 19.1 Å². The van der Waals surface area contributed by atoms with Gasteiger partial charge in [-0.05, 0) is 18.6 Å². The fourth-order valence-corrected chi connectivity index (χ4v) is 3.59. The second-order valence-corrected chi connectivity index (χ2v) is 6.40. The number of esters is 1. The van der Waals surface area contributed by atoms with Crippen LogP contribution in [0.15, 0.2) is 36.4 Å². The first kappa shape index (κ1) is 18.6. The van der Waals surface area contributed by atoms with E-state index in [9.17, 15) is 19.2 Å². The molecule has 3 rings (SSSR count). The van der Waals surface area contributed by atoms with Crippen molar-refractivity contribution in [1.82, 2.24) is 10.2 Å². The predicted molar refractivity (Wildman–Crippen MR) is 96.8 cm³/mol. The number of hydrogen-bond acceptors (Lipinski definition) is 5.